The summed E-state index contributed by atoms with van der Waals surface area (Å²) in [6.07, 6.45) is 0.644. The highest BCUT2D eigenvalue weighted by Crippen LogP contribution is 2.24. The second-order valence-corrected chi connectivity index (χ2v) is 4.38. The largest absolute Gasteiger partial charge is 0.296 e. The zero-order valence-corrected chi connectivity index (χ0v) is 10.5. The van der Waals surface area contributed by atoms with Crippen LogP contribution in [0.4, 0.5) is 4.39 Å². The number of hydrogen-bond acceptors (Lipinski definition) is 3. The van der Waals surface area contributed by atoms with Gasteiger partial charge in [0, 0.05) is 17.3 Å². The highest BCUT2D eigenvalue weighted by Gasteiger charge is 2.29. The molecular formula is C11H10BrFN2O2. The lowest BCUT2D eigenvalue weighted by Gasteiger charge is -2.20. The number of carbonyl (C=O) groups excluding carboxylic acids is 2. The number of imide groups is 1. The SMILES string of the molecule is O=C1CCC(c2ccc(CBr)c(F)n2)C(=O)N1. The lowest BCUT2D eigenvalue weighted by Crippen LogP contribution is -2.39. The van der Waals surface area contributed by atoms with Crippen molar-refractivity contribution in [1.82, 2.24) is 10.3 Å². The van der Waals surface area contributed by atoms with Crippen molar-refractivity contribution >= 4 is 27.7 Å². The Morgan fingerprint density at radius 2 is 2.24 bits per heavy atom. The summed E-state index contributed by atoms with van der Waals surface area (Å²) in [6.45, 7) is 0. The lowest BCUT2D eigenvalue weighted by atomic mass is 9.94. The Kier molecular flexibility index (Phi) is 3.51. The van der Waals surface area contributed by atoms with E-state index >= 15 is 0 Å². The Morgan fingerprint density at radius 3 is 2.82 bits per heavy atom. The molecule has 0 aromatic carbocycles. The van der Waals surface area contributed by atoms with Crippen molar-refractivity contribution in [2.75, 3.05) is 0 Å². The molecule has 0 aliphatic carbocycles. The number of carbonyl (C=O) groups is 2. The fourth-order valence-electron chi connectivity index (χ4n) is 1.75. The van der Waals surface area contributed by atoms with Crippen LogP contribution in [0, 0.1) is 5.95 Å². The van der Waals surface area contributed by atoms with E-state index in [0.29, 0.717) is 23.0 Å². The van der Waals surface area contributed by atoms with Crippen LogP contribution in [-0.2, 0) is 14.9 Å². The van der Waals surface area contributed by atoms with Gasteiger partial charge in [0.2, 0.25) is 17.8 Å². The third-order valence-electron chi connectivity index (χ3n) is 2.69. The van der Waals surface area contributed by atoms with Gasteiger partial charge in [-0.2, -0.15) is 4.39 Å². The number of hydrogen-bond donors (Lipinski definition) is 1. The molecule has 1 saturated heterocycles. The van der Waals surface area contributed by atoms with E-state index in [2.05, 4.69) is 26.2 Å². The number of alkyl halides is 1. The van der Waals surface area contributed by atoms with Gasteiger partial charge in [-0.25, -0.2) is 4.98 Å². The lowest BCUT2D eigenvalue weighted by molar-refractivity contribution is -0.134. The minimum Gasteiger partial charge on any atom is -0.296 e. The van der Waals surface area contributed by atoms with E-state index in [1.54, 1.807) is 12.1 Å². The third-order valence-corrected chi connectivity index (χ3v) is 3.29. The average molecular weight is 301 g/mol. The molecule has 90 valence electrons. The molecule has 1 aromatic rings. The van der Waals surface area contributed by atoms with Crippen LogP contribution in [0.25, 0.3) is 0 Å². The number of nitrogens with one attached hydrogen (secondary N) is 1. The first-order chi connectivity index (χ1) is 8.11. The maximum atomic E-state index is 13.5. The quantitative estimate of drug-likeness (QED) is 0.513. The van der Waals surface area contributed by atoms with Gasteiger partial charge in [-0.05, 0) is 12.5 Å². The van der Waals surface area contributed by atoms with Gasteiger partial charge < -0.3 is 0 Å². The fourth-order valence-corrected chi connectivity index (χ4v) is 2.16. The van der Waals surface area contributed by atoms with Crippen molar-refractivity contribution < 1.29 is 14.0 Å². The van der Waals surface area contributed by atoms with E-state index in [9.17, 15) is 14.0 Å². The van der Waals surface area contributed by atoms with Gasteiger partial charge in [0.15, 0.2) is 0 Å². The van der Waals surface area contributed by atoms with Crippen LogP contribution in [0.2, 0.25) is 0 Å². The molecule has 2 amide bonds. The molecule has 2 heterocycles. The van der Waals surface area contributed by atoms with Crippen molar-refractivity contribution in [1.29, 1.82) is 0 Å². The Morgan fingerprint density at radius 1 is 1.47 bits per heavy atom. The summed E-state index contributed by atoms with van der Waals surface area (Å²) in [7, 11) is 0. The maximum Gasteiger partial charge on any atom is 0.235 e. The van der Waals surface area contributed by atoms with Gasteiger partial charge in [-0.3, -0.25) is 14.9 Å². The molecule has 1 fully saturated rings. The Hall–Kier alpha value is -1.30. The first kappa shape index (κ1) is 12.2. The molecule has 2 rings (SSSR count). The molecule has 4 nitrogen and oxygen atoms in total. The van der Waals surface area contributed by atoms with Crippen molar-refractivity contribution in [2.45, 2.75) is 24.1 Å². The summed E-state index contributed by atoms with van der Waals surface area (Å²) < 4.78 is 13.5. The van der Waals surface area contributed by atoms with E-state index in [1.807, 2.05) is 0 Å². The second-order valence-electron chi connectivity index (χ2n) is 3.82. The maximum absolute atomic E-state index is 13.5. The first-order valence-corrected chi connectivity index (χ1v) is 6.29. The van der Waals surface area contributed by atoms with Gasteiger partial charge in [0.05, 0.1) is 11.6 Å². The number of aromatic nitrogens is 1. The fraction of sp³-hybridized carbons (Fsp3) is 0.364. The van der Waals surface area contributed by atoms with E-state index in [1.165, 1.54) is 0 Å². The normalized spacial score (nSPS) is 20.2. The average Bonchev–Trinajstić information content (AvgIpc) is 2.29. The summed E-state index contributed by atoms with van der Waals surface area (Å²) in [5, 5.41) is 2.60. The number of pyridine rings is 1. The predicted octanol–water partition coefficient (Wildman–Crippen LogP) is 1.64. The Labute approximate surface area is 106 Å². The monoisotopic (exact) mass is 300 g/mol. The molecular weight excluding hydrogens is 291 g/mol. The summed E-state index contributed by atoms with van der Waals surface area (Å²) in [6, 6.07) is 3.22. The number of piperidine rings is 1. The van der Waals surface area contributed by atoms with Crippen molar-refractivity contribution in [2.24, 2.45) is 0 Å². The Balaban J connectivity index is 2.25. The standard InChI is InChI=1S/C11H10BrFN2O2/c12-5-6-1-3-8(14-10(6)13)7-2-4-9(16)15-11(7)17/h1,3,7H,2,4-5H2,(H,15,16,17). The summed E-state index contributed by atoms with van der Waals surface area (Å²) in [5.74, 6) is -1.81. The highest BCUT2D eigenvalue weighted by molar-refractivity contribution is 9.08. The number of nitrogens with zero attached hydrogens (tertiary/aromatic N) is 1. The van der Waals surface area contributed by atoms with Crippen LogP contribution in [0.15, 0.2) is 12.1 Å². The molecule has 17 heavy (non-hydrogen) atoms. The molecule has 1 N–H and O–H groups in total. The van der Waals surface area contributed by atoms with E-state index in [-0.39, 0.29) is 12.3 Å². The zero-order chi connectivity index (χ0) is 12.4. The molecule has 1 aliphatic rings. The van der Waals surface area contributed by atoms with Crippen LogP contribution < -0.4 is 5.32 Å². The van der Waals surface area contributed by atoms with Crippen molar-refractivity contribution in [3.05, 3.63) is 29.3 Å². The van der Waals surface area contributed by atoms with Crippen molar-refractivity contribution in [3.8, 4) is 0 Å². The topological polar surface area (TPSA) is 59.1 Å². The number of halogens is 2. The minimum atomic E-state index is -0.580. The number of rotatable bonds is 2. The minimum absolute atomic E-state index is 0.264. The summed E-state index contributed by atoms with van der Waals surface area (Å²) in [4.78, 5) is 26.3. The molecule has 6 heteroatoms. The van der Waals surface area contributed by atoms with Gasteiger partial charge in [-0.15, -0.1) is 0 Å². The molecule has 1 aromatic heterocycles. The van der Waals surface area contributed by atoms with Crippen molar-refractivity contribution in [3.63, 3.8) is 0 Å². The summed E-state index contributed by atoms with van der Waals surface area (Å²) >= 11 is 3.14. The molecule has 1 unspecified atom stereocenters. The summed E-state index contributed by atoms with van der Waals surface area (Å²) in [5.41, 5.74) is 0.818. The first-order valence-electron chi connectivity index (χ1n) is 5.17. The van der Waals surface area contributed by atoms with Gasteiger partial charge in [0.1, 0.15) is 0 Å². The smallest absolute Gasteiger partial charge is 0.235 e. The third kappa shape index (κ3) is 2.52. The van der Waals surface area contributed by atoms with E-state index < -0.39 is 17.8 Å². The molecule has 1 aliphatic heterocycles. The van der Waals surface area contributed by atoms with Crippen LogP contribution in [-0.4, -0.2) is 16.8 Å². The van der Waals surface area contributed by atoms with Crippen LogP contribution in [0.1, 0.15) is 30.0 Å². The van der Waals surface area contributed by atoms with Crippen LogP contribution in [0.3, 0.4) is 0 Å². The van der Waals surface area contributed by atoms with Gasteiger partial charge in [0.25, 0.3) is 0 Å². The molecule has 0 saturated carbocycles. The van der Waals surface area contributed by atoms with Gasteiger partial charge in [-0.1, -0.05) is 22.0 Å². The van der Waals surface area contributed by atoms with Crippen LogP contribution in [0.5, 0.6) is 0 Å². The second kappa shape index (κ2) is 4.91. The highest BCUT2D eigenvalue weighted by atomic mass is 79.9. The van der Waals surface area contributed by atoms with E-state index in [4.69, 9.17) is 0 Å². The molecule has 1 atom stereocenters. The molecule has 0 radical (unpaired) electrons. The van der Waals surface area contributed by atoms with Crippen LogP contribution >= 0.6 is 15.9 Å². The van der Waals surface area contributed by atoms with E-state index in [0.717, 1.165) is 0 Å². The zero-order valence-electron chi connectivity index (χ0n) is 8.87. The molecule has 0 spiro atoms. The molecule has 0 bridgehead atoms. The number of amides is 2. The Bertz CT molecular complexity index is 479. The van der Waals surface area contributed by atoms with Gasteiger partial charge >= 0.3 is 0 Å². The predicted molar refractivity (Wildman–Crippen MR) is 62.0 cm³/mol.